The summed E-state index contributed by atoms with van der Waals surface area (Å²) in [5, 5.41) is 3.45. The van der Waals surface area contributed by atoms with Crippen LogP contribution >= 0.6 is 0 Å². The van der Waals surface area contributed by atoms with E-state index in [1.165, 1.54) is 24.0 Å². The highest BCUT2D eigenvalue weighted by atomic mass is 16.4. The topological polar surface area (TPSA) is 41.3 Å². The van der Waals surface area contributed by atoms with Crippen molar-refractivity contribution in [3.8, 4) is 0 Å². The normalized spacial score (nSPS) is 15.7. The Hall–Kier alpha value is -2.59. The Morgan fingerprint density at radius 2 is 1.89 bits per heavy atom. The predicted molar refractivity (Wildman–Crippen MR) is 109 cm³/mol. The lowest BCUT2D eigenvalue weighted by atomic mass is 9.89. The predicted octanol–water partition coefficient (Wildman–Crippen LogP) is 4.97. The van der Waals surface area contributed by atoms with Gasteiger partial charge in [-0.05, 0) is 55.1 Å². The lowest BCUT2D eigenvalue weighted by molar-refractivity contribution is 0.204. The Morgan fingerprint density at radius 1 is 1.07 bits per heavy atom. The van der Waals surface area contributed by atoms with Crippen molar-refractivity contribution in [2.45, 2.75) is 38.8 Å². The Balaban J connectivity index is 1.31. The first-order valence-electron chi connectivity index (χ1n) is 9.78. The number of benzene rings is 2. The lowest BCUT2D eigenvalue weighted by Crippen LogP contribution is -2.32. The molecule has 0 radical (unpaired) electrons. The molecule has 1 fully saturated rings. The van der Waals surface area contributed by atoms with Crippen LogP contribution in [-0.2, 0) is 13.1 Å². The maximum absolute atomic E-state index is 5.53. The number of likely N-dealkylation sites (tertiary alicyclic amines) is 1. The molecule has 0 bridgehead atoms. The summed E-state index contributed by atoms with van der Waals surface area (Å²) in [5.74, 6) is 2.22. The van der Waals surface area contributed by atoms with Crippen LogP contribution < -0.4 is 5.32 Å². The molecule has 0 saturated carbocycles. The van der Waals surface area contributed by atoms with Crippen LogP contribution in [0.25, 0.3) is 0 Å². The first kappa shape index (κ1) is 17.8. The Labute approximate surface area is 161 Å². The Bertz CT molecular complexity index is 851. The highest BCUT2D eigenvalue weighted by Crippen LogP contribution is 2.30. The van der Waals surface area contributed by atoms with Crippen molar-refractivity contribution in [1.29, 1.82) is 0 Å². The van der Waals surface area contributed by atoms with E-state index in [9.17, 15) is 0 Å². The number of rotatable bonds is 6. The van der Waals surface area contributed by atoms with Crippen LogP contribution in [0.5, 0.6) is 0 Å². The van der Waals surface area contributed by atoms with Crippen molar-refractivity contribution >= 4 is 5.69 Å². The third-order valence-corrected chi connectivity index (χ3v) is 5.33. The maximum Gasteiger partial charge on any atom is 0.191 e. The van der Waals surface area contributed by atoms with Gasteiger partial charge in [-0.2, -0.15) is 0 Å². The van der Waals surface area contributed by atoms with Gasteiger partial charge in [-0.15, -0.1) is 0 Å². The minimum atomic E-state index is 0.645. The summed E-state index contributed by atoms with van der Waals surface area (Å²) in [5.41, 5.74) is 3.99. The van der Waals surface area contributed by atoms with Gasteiger partial charge in [-0.25, -0.2) is 4.98 Å². The van der Waals surface area contributed by atoms with E-state index in [0.717, 1.165) is 31.1 Å². The molecule has 1 aliphatic rings. The van der Waals surface area contributed by atoms with Gasteiger partial charge in [-0.3, -0.25) is 4.90 Å². The number of anilines is 1. The van der Waals surface area contributed by atoms with Crippen LogP contribution in [0.1, 0.15) is 41.5 Å². The molecule has 140 valence electrons. The number of hydrogen-bond acceptors (Lipinski definition) is 4. The molecule has 1 aromatic heterocycles. The molecule has 0 amide bonds. The summed E-state index contributed by atoms with van der Waals surface area (Å²) in [6, 6.07) is 19.6. The number of oxazole rings is 1. The van der Waals surface area contributed by atoms with Crippen LogP contribution in [0.15, 0.2) is 65.2 Å². The van der Waals surface area contributed by atoms with E-state index in [2.05, 4.69) is 69.8 Å². The summed E-state index contributed by atoms with van der Waals surface area (Å²) < 4.78 is 5.53. The quantitative estimate of drug-likeness (QED) is 0.673. The summed E-state index contributed by atoms with van der Waals surface area (Å²) in [7, 11) is 0. The number of aromatic nitrogens is 1. The molecule has 2 aromatic carbocycles. The summed E-state index contributed by atoms with van der Waals surface area (Å²) in [6.07, 6.45) is 4.23. The van der Waals surface area contributed by atoms with Crippen LogP contribution in [-0.4, -0.2) is 23.0 Å². The number of piperidine rings is 1. The average Bonchev–Trinajstić information content (AvgIpc) is 3.13. The van der Waals surface area contributed by atoms with Crippen LogP contribution in [0.2, 0.25) is 0 Å². The van der Waals surface area contributed by atoms with Crippen molar-refractivity contribution < 1.29 is 4.42 Å². The van der Waals surface area contributed by atoms with Gasteiger partial charge in [0.25, 0.3) is 0 Å². The zero-order chi connectivity index (χ0) is 18.5. The third-order valence-electron chi connectivity index (χ3n) is 5.33. The van der Waals surface area contributed by atoms with Crippen molar-refractivity contribution in [2.75, 3.05) is 18.4 Å². The molecule has 2 heterocycles. The molecule has 0 spiro atoms. The van der Waals surface area contributed by atoms with Crippen molar-refractivity contribution in [2.24, 2.45) is 0 Å². The smallest absolute Gasteiger partial charge is 0.191 e. The van der Waals surface area contributed by atoms with Gasteiger partial charge in [0.2, 0.25) is 0 Å². The monoisotopic (exact) mass is 361 g/mol. The van der Waals surface area contributed by atoms with Crippen molar-refractivity contribution in [1.82, 2.24) is 9.88 Å². The zero-order valence-corrected chi connectivity index (χ0v) is 15.9. The second-order valence-corrected chi connectivity index (χ2v) is 7.36. The molecule has 1 N–H and O–H groups in total. The number of nitrogens with one attached hydrogen (secondary N) is 1. The van der Waals surface area contributed by atoms with Crippen molar-refractivity contribution in [3.05, 3.63) is 83.6 Å². The van der Waals surface area contributed by atoms with E-state index in [4.69, 9.17) is 4.42 Å². The molecule has 0 aliphatic carbocycles. The van der Waals surface area contributed by atoms with Crippen LogP contribution in [0, 0.1) is 6.92 Å². The van der Waals surface area contributed by atoms with Gasteiger partial charge < -0.3 is 9.73 Å². The van der Waals surface area contributed by atoms with Crippen molar-refractivity contribution in [3.63, 3.8) is 0 Å². The summed E-state index contributed by atoms with van der Waals surface area (Å²) >= 11 is 0. The van der Waals surface area contributed by atoms with Gasteiger partial charge in [-0.1, -0.05) is 42.5 Å². The fourth-order valence-corrected chi connectivity index (χ4v) is 3.84. The highest BCUT2D eigenvalue weighted by Gasteiger charge is 2.20. The van der Waals surface area contributed by atoms with Gasteiger partial charge in [0.1, 0.15) is 5.76 Å². The maximum atomic E-state index is 5.53. The van der Waals surface area contributed by atoms with E-state index in [1.54, 1.807) is 6.20 Å². The van der Waals surface area contributed by atoms with Gasteiger partial charge >= 0.3 is 0 Å². The largest absolute Gasteiger partial charge is 0.444 e. The summed E-state index contributed by atoms with van der Waals surface area (Å²) in [4.78, 5) is 6.72. The average molecular weight is 361 g/mol. The Kier molecular flexibility index (Phi) is 5.54. The van der Waals surface area contributed by atoms with Gasteiger partial charge in [0.15, 0.2) is 5.89 Å². The minimum Gasteiger partial charge on any atom is -0.444 e. The van der Waals surface area contributed by atoms with E-state index in [1.807, 2.05) is 6.92 Å². The molecular weight excluding hydrogens is 334 g/mol. The molecule has 27 heavy (non-hydrogen) atoms. The highest BCUT2D eigenvalue weighted by molar-refractivity contribution is 5.46. The molecule has 0 atom stereocenters. The molecular formula is C23H27N3O. The van der Waals surface area contributed by atoms with Crippen LogP contribution in [0.3, 0.4) is 0 Å². The fraction of sp³-hybridized carbons (Fsp3) is 0.348. The zero-order valence-electron chi connectivity index (χ0n) is 15.9. The first-order valence-corrected chi connectivity index (χ1v) is 9.78. The minimum absolute atomic E-state index is 0.645. The number of nitrogens with zero attached hydrogens (tertiary/aromatic N) is 2. The first-order chi connectivity index (χ1) is 13.3. The molecule has 4 rings (SSSR count). The van der Waals surface area contributed by atoms with Crippen LogP contribution in [0.4, 0.5) is 5.69 Å². The van der Waals surface area contributed by atoms with E-state index >= 15 is 0 Å². The standard InChI is InChI=1S/C23H27N3O/c1-18-24-15-23(27-18)16-25-22-9-5-8-21(14-22)20-10-12-26(13-11-20)17-19-6-3-2-4-7-19/h2-9,14-15,20,25H,10-13,16-17H2,1H3. The third kappa shape index (κ3) is 4.77. The van der Waals surface area contributed by atoms with Gasteiger partial charge in [0, 0.05) is 19.2 Å². The van der Waals surface area contributed by atoms with E-state index in [-0.39, 0.29) is 0 Å². The molecule has 0 unspecified atom stereocenters. The molecule has 1 saturated heterocycles. The number of aryl methyl sites for hydroxylation is 1. The lowest BCUT2D eigenvalue weighted by Gasteiger charge is -2.32. The van der Waals surface area contributed by atoms with E-state index in [0.29, 0.717) is 18.4 Å². The number of hydrogen-bond donors (Lipinski definition) is 1. The molecule has 4 heteroatoms. The second kappa shape index (κ2) is 8.40. The second-order valence-electron chi connectivity index (χ2n) is 7.36. The van der Waals surface area contributed by atoms with E-state index < -0.39 is 0 Å². The molecule has 1 aliphatic heterocycles. The SMILES string of the molecule is Cc1ncc(CNc2cccc(C3CCN(Cc4ccccc4)CC3)c2)o1. The fourth-order valence-electron chi connectivity index (χ4n) is 3.84. The molecule has 3 aromatic rings. The summed E-state index contributed by atoms with van der Waals surface area (Å²) in [6.45, 7) is 5.92. The van der Waals surface area contributed by atoms with Gasteiger partial charge in [0.05, 0.1) is 12.7 Å². The Morgan fingerprint density at radius 3 is 2.63 bits per heavy atom. The molecule has 4 nitrogen and oxygen atoms in total.